The van der Waals surface area contributed by atoms with E-state index in [2.05, 4.69) is 6.07 Å². The second-order valence-corrected chi connectivity index (χ2v) is 5.22. The maximum absolute atomic E-state index is 12.2. The quantitative estimate of drug-likeness (QED) is 0.801. The van der Waals surface area contributed by atoms with Crippen LogP contribution < -0.4 is 0 Å². The Labute approximate surface area is 109 Å². The van der Waals surface area contributed by atoms with E-state index >= 15 is 0 Å². The number of benzene rings is 1. The van der Waals surface area contributed by atoms with Crippen LogP contribution in [0.5, 0.6) is 0 Å². The highest BCUT2D eigenvalue weighted by Gasteiger charge is 2.25. The molecular weight excluding hydrogens is 226 g/mol. The largest absolute Gasteiger partial charge is 0.372 e. The van der Waals surface area contributed by atoms with Crippen molar-refractivity contribution in [3.63, 3.8) is 0 Å². The van der Waals surface area contributed by atoms with Crippen molar-refractivity contribution in [3.8, 4) is 0 Å². The lowest BCUT2D eigenvalue weighted by molar-refractivity contribution is -0.142. The summed E-state index contributed by atoms with van der Waals surface area (Å²) in [5.41, 5.74) is 2.29. The van der Waals surface area contributed by atoms with Crippen LogP contribution in [0.3, 0.4) is 0 Å². The van der Waals surface area contributed by atoms with E-state index in [0.29, 0.717) is 19.5 Å². The first-order chi connectivity index (χ1) is 8.54. The van der Waals surface area contributed by atoms with Crippen molar-refractivity contribution in [1.29, 1.82) is 0 Å². The van der Waals surface area contributed by atoms with Gasteiger partial charge in [0.25, 0.3) is 0 Å². The molecule has 2 rings (SSSR count). The molecule has 1 fully saturated rings. The Balaban J connectivity index is 1.99. The van der Waals surface area contributed by atoms with Crippen LogP contribution in [-0.4, -0.2) is 36.1 Å². The van der Waals surface area contributed by atoms with Crippen LogP contribution in [0.1, 0.15) is 25.0 Å². The summed E-state index contributed by atoms with van der Waals surface area (Å²) >= 11 is 0. The molecule has 2 atom stereocenters. The number of nitrogens with zero attached hydrogens (tertiary/aromatic N) is 1. The zero-order chi connectivity index (χ0) is 13.1. The highest BCUT2D eigenvalue weighted by atomic mass is 16.5. The number of aryl methyl sites for hydroxylation is 1. The lowest BCUT2D eigenvalue weighted by Crippen LogP contribution is -2.48. The Morgan fingerprint density at radius 3 is 2.61 bits per heavy atom. The molecule has 1 aliphatic heterocycles. The number of morpholine rings is 1. The van der Waals surface area contributed by atoms with Crippen molar-refractivity contribution in [3.05, 3.63) is 35.4 Å². The van der Waals surface area contributed by atoms with Gasteiger partial charge in [0.1, 0.15) is 0 Å². The molecule has 3 nitrogen and oxygen atoms in total. The number of hydrogen-bond acceptors (Lipinski definition) is 2. The summed E-state index contributed by atoms with van der Waals surface area (Å²) < 4.78 is 5.64. The molecule has 0 aromatic heterocycles. The first kappa shape index (κ1) is 13.1. The van der Waals surface area contributed by atoms with Gasteiger partial charge in [-0.05, 0) is 26.3 Å². The molecule has 1 saturated heterocycles. The van der Waals surface area contributed by atoms with Gasteiger partial charge in [0.15, 0.2) is 0 Å². The van der Waals surface area contributed by atoms with Crippen LogP contribution in [-0.2, 0) is 16.0 Å². The van der Waals surface area contributed by atoms with E-state index < -0.39 is 0 Å². The van der Waals surface area contributed by atoms with E-state index in [4.69, 9.17) is 4.74 Å². The standard InChI is InChI=1S/C15H21NO2/c1-11-5-4-6-14(7-11)8-15(17)16-9-12(2)18-13(3)10-16/h4-7,12-13H,8-10H2,1-3H3/t12-,13-/m0/s1. The molecule has 1 aromatic carbocycles. The maximum Gasteiger partial charge on any atom is 0.227 e. The van der Waals surface area contributed by atoms with Gasteiger partial charge >= 0.3 is 0 Å². The predicted octanol–water partition coefficient (Wildman–Crippen LogP) is 2.17. The molecule has 1 amide bonds. The lowest BCUT2D eigenvalue weighted by atomic mass is 10.1. The molecular formula is C15H21NO2. The van der Waals surface area contributed by atoms with Crippen LogP contribution in [0.2, 0.25) is 0 Å². The smallest absolute Gasteiger partial charge is 0.227 e. The summed E-state index contributed by atoms with van der Waals surface area (Å²) in [5.74, 6) is 0.197. The Morgan fingerprint density at radius 1 is 1.33 bits per heavy atom. The van der Waals surface area contributed by atoms with Crippen LogP contribution in [0, 0.1) is 6.92 Å². The van der Waals surface area contributed by atoms with E-state index in [1.165, 1.54) is 5.56 Å². The molecule has 0 radical (unpaired) electrons. The van der Waals surface area contributed by atoms with Gasteiger partial charge in [0, 0.05) is 13.1 Å². The van der Waals surface area contributed by atoms with Gasteiger partial charge in [-0.3, -0.25) is 4.79 Å². The van der Waals surface area contributed by atoms with Gasteiger partial charge in [-0.2, -0.15) is 0 Å². The minimum absolute atomic E-state index is 0.134. The molecule has 0 unspecified atom stereocenters. The van der Waals surface area contributed by atoms with E-state index in [9.17, 15) is 4.79 Å². The number of ether oxygens (including phenoxy) is 1. The maximum atomic E-state index is 12.2. The number of carbonyl (C=O) groups excluding carboxylic acids is 1. The van der Waals surface area contributed by atoms with Crippen LogP contribution in [0.4, 0.5) is 0 Å². The number of amides is 1. The third-order valence-electron chi connectivity index (χ3n) is 3.21. The van der Waals surface area contributed by atoms with Gasteiger partial charge in [-0.15, -0.1) is 0 Å². The van der Waals surface area contributed by atoms with E-state index in [0.717, 1.165) is 5.56 Å². The SMILES string of the molecule is Cc1cccc(CC(=O)N2C[C@H](C)O[C@@H](C)C2)c1. The van der Waals surface area contributed by atoms with Crippen molar-refractivity contribution in [1.82, 2.24) is 4.90 Å². The first-order valence-corrected chi connectivity index (χ1v) is 6.53. The highest BCUT2D eigenvalue weighted by molar-refractivity contribution is 5.79. The Kier molecular flexibility index (Phi) is 4.02. The Hall–Kier alpha value is -1.35. The molecule has 1 heterocycles. The zero-order valence-corrected chi connectivity index (χ0v) is 11.3. The number of hydrogen-bond donors (Lipinski definition) is 0. The Bertz CT molecular complexity index is 420. The van der Waals surface area contributed by atoms with Crippen LogP contribution in [0.15, 0.2) is 24.3 Å². The normalized spacial score (nSPS) is 24.1. The summed E-state index contributed by atoms with van der Waals surface area (Å²) in [4.78, 5) is 14.2. The molecule has 3 heteroatoms. The molecule has 1 aliphatic rings. The fourth-order valence-corrected chi connectivity index (χ4v) is 2.49. The monoisotopic (exact) mass is 247 g/mol. The van der Waals surface area contributed by atoms with Gasteiger partial charge in [0.2, 0.25) is 5.91 Å². The fraction of sp³-hybridized carbons (Fsp3) is 0.533. The van der Waals surface area contributed by atoms with Crippen molar-refractivity contribution in [2.24, 2.45) is 0 Å². The minimum atomic E-state index is 0.134. The fourth-order valence-electron chi connectivity index (χ4n) is 2.49. The molecule has 0 aliphatic carbocycles. The van der Waals surface area contributed by atoms with E-state index in [1.54, 1.807) is 0 Å². The van der Waals surface area contributed by atoms with E-state index in [1.807, 2.05) is 43.9 Å². The molecule has 1 aromatic rings. The molecule has 0 bridgehead atoms. The van der Waals surface area contributed by atoms with Gasteiger partial charge in [0.05, 0.1) is 18.6 Å². The Morgan fingerprint density at radius 2 is 2.00 bits per heavy atom. The molecule has 98 valence electrons. The zero-order valence-electron chi connectivity index (χ0n) is 11.3. The minimum Gasteiger partial charge on any atom is -0.372 e. The number of carbonyl (C=O) groups is 1. The summed E-state index contributed by atoms with van der Waals surface area (Å²) in [6.07, 6.45) is 0.756. The average Bonchev–Trinajstić information content (AvgIpc) is 2.27. The second-order valence-electron chi connectivity index (χ2n) is 5.22. The molecule has 0 spiro atoms. The number of rotatable bonds is 2. The van der Waals surface area contributed by atoms with Crippen LogP contribution in [0.25, 0.3) is 0 Å². The topological polar surface area (TPSA) is 29.5 Å². The summed E-state index contributed by atoms with van der Waals surface area (Å²) in [5, 5.41) is 0. The predicted molar refractivity (Wildman–Crippen MR) is 71.5 cm³/mol. The van der Waals surface area contributed by atoms with Gasteiger partial charge in [-0.25, -0.2) is 0 Å². The third-order valence-corrected chi connectivity index (χ3v) is 3.21. The average molecular weight is 247 g/mol. The first-order valence-electron chi connectivity index (χ1n) is 6.53. The van der Waals surface area contributed by atoms with E-state index in [-0.39, 0.29) is 18.1 Å². The van der Waals surface area contributed by atoms with Crippen LogP contribution >= 0.6 is 0 Å². The molecule has 0 saturated carbocycles. The van der Waals surface area contributed by atoms with Crippen molar-refractivity contribution < 1.29 is 9.53 Å². The second kappa shape index (κ2) is 5.53. The van der Waals surface area contributed by atoms with Crippen molar-refractivity contribution >= 4 is 5.91 Å². The third kappa shape index (κ3) is 3.33. The van der Waals surface area contributed by atoms with Gasteiger partial charge < -0.3 is 9.64 Å². The van der Waals surface area contributed by atoms with Gasteiger partial charge in [-0.1, -0.05) is 29.8 Å². The molecule has 18 heavy (non-hydrogen) atoms. The van der Waals surface area contributed by atoms with Crippen molar-refractivity contribution in [2.45, 2.75) is 39.4 Å². The summed E-state index contributed by atoms with van der Waals surface area (Å²) in [7, 11) is 0. The molecule has 0 N–H and O–H groups in total. The lowest BCUT2D eigenvalue weighted by Gasteiger charge is -2.35. The highest BCUT2D eigenvalue weighted by Crippen LogP contribution is 2.13. The summed E-state index contributed by atoms with van der Waals surface area (Å²) in [6, 6.07) is 8.14. The summed E-state index contributed by atoms with van der Waals surface area (Å²) in [6.45, 7) is 7.49. The van der Waals surface area contributed by atoms with Crippen molar-refractivity contribution in [2.75, 3.05) is 13.1 Å².